The molecule has 0 bridgehead atoms. The number of nitrogens with zero attached hydrogens (tertiary/aromatic N) is 7. The summed E-state index contributed by atoms with van der Waals surface area (Å²) in [5.74, 6) is 0.939. The molecule has 0 saturated carbocycles. The average Bonchev–Trinajstić information content (AvgIpc) is 3.58. The summed E-state index contributed by atoms with van der Waals surface area (Å²) < 4.78 is 41.5. The number of anilines is 4. The number of carbonyl (C=O) groups excluding carboxylic acids is 1. The maximum atomic E-state index is 13.3. The van der Waals surface area contributed by atoms with Crippen molar-refractivity contribution in [3.8, 4) is 0 Å². The van der Waals surface area contributed by atoms with Gasteiger partial charge in [0.1, 0.15) is 17.5 Å². The molecule has 0 radical (unpaired) electrons. The first-order valence-electron chi connectivity index (χ1n) is 12.4. The predicted octanol–water partition coefficient (Wildman–Crippen LogP) is 5.35. The van der Waals surface area contributed by atoms with E-state index in [1.807, 2.05) is 31.1 Å². The summed E-state index contributed by atoms with van der Waals surface area (Å²) in [6, 6.07) is 5.76. The molecule has 4 aromatic rings. The topological polar surface area (TPSA) is 113 Å². The van der Waals surface area contributed by atoms with Crippen LogP contribution in [0.2, 0.25) is 5.02 Å². The van der Waals surface area contributed by atoms with Crippen LogP contribution < -0.4 is 15.5 Å². The number of hydrogen-bond acceptors (Lipinski definition) is 8. The van der Waals surface area contributed by atoms with Crippen LogP contribution in [-0.2, 0) is 13.2 Å². The van der Waals surface area contributed by atoms with E-state index in [0.29, 0.717) is 36.8 Å². The number of amidine groups is 1. The van der Waals surface area contributed by atoms with Crippen LogP contribution >= 0.6 is 11.6 Å². The van der Waals surface area contributed by atoms with E-state index in [-0.39, 0.29) is 11.4 Å². The molecule has 14 heteroatoms. The van der Waals surface area contributed by atoms with E-state index in [1.165, 1.54) is 0 Å². The van der Waals surface area contributed by atoms with Crippen molar-refractivity contribution in [2.45, 2.75) is 13.1 Å². The van der Waals surface area contributed by atoms with Gasteiger partial charge in [-0.25, -0.2) is 9.97 Å². The van der Waals surface area contributed by atoms with Crippen molar-refractivity contribution in [2.24, 2.45) is 12.0 Å². The highest BCUT2D eigenvalue weighted by molar-refractivity contribution is 6.36. The van der Waals surface area contributed by atoms with Crippen LogP contribution in [-0.4, -0.2) is 49.6 Å². The Labute approximate surface area is 236 Å². The third-order valence-electron chi connectivity index (χ3n) is 6.59. The largest absolute Gasteiger partial charge is 0.418 e. The fourth-order valence-electron chi connectivity index (χ4n) is 4.64. The Morgan fingerprint density at radius 1 is 1.12 bits per heavy atom. The lowest BCUT2D eigenvalue weighted by Gasteiger charge is -2.28. The minimum Gasteiger partial charge on any atom is -0.321 e. The number of halogens is 4. The van der Waals surface area contributed by atoms with Crippen LogP contribution in [0.4, 0.5) is 36.4 Å². The molecule has 2 aliphatic rings. The Morgan fingerprint density at radius 2 is 1.95 bits per heavy atom. The number of nitrogens with one attached hydrogen (secondary N) is 2. The SMILES string of the molecule is Cc1ccc(C(=O)Nc2cc(C(F)(F)F)c(Cl)cn2)cc1C1=Cc2cnc(Nc3cnn(C)c3)nc2N2CCN=C12. The van der Waals surface area contributed by atoms with Crippen LogP contribution in [0, 0.1) is 6.92 Å². The highest BCUT2D eigenvalue weighted by atomic mass is 35.5. The highest BCUT2D eigenvalue weighted by Crippen LogP contribution is 2.37. The Balaban J connectivity index is 1.32. The molecule has 0 atom stereocenters. The zero-order valence-electron chi connectivity index (χ0n) is 21.7. The van der Waals surface area contributed by atoms with Gasteiger partial charge in [0.2, 0.25) is 5.95 Å². The summed E-state index contributed by atoms with van der Waals surface area (Å²) in [5.41, 5.74) is 3.08. The number of aromatic nitrogens is 5. The maximum absolute atomic E-state index is 13.3. The van der Waals surface area contributed by atoms with Crippen LogP contribution in [0.1, 0.15) is 32.6 Å². The van der Waals surface area contributed by atoms with E-state index in [1.54, 1.807) is 35.3 Å². The molecule has 2 aliphatic heterocycles. The van der Waals surface area contributed by atoms with E-state index in [0.717, 1.165) is 34.1 Å². The number of aliphatic imine (C=N–C) groups is 1. The Hall–Kier alpha value is -4.78. The molecule has 41 heavy (non-hydrogen) atoms. The standard InChI is InChI=1S/C27H21ClF3N9O/c1-14-3-4-15(25(41)37-22-9-20(27(29,30)31)21(28)12-33-22)7-18(14)19-8-16-10-34-26(36-17-11-35-39(2)13-17)38-23(16)40-6-5-32-24(19)40/h3-4,7-13H,5-6H2,1-2H3,(H,33,37,41)(H,34,36,38). The summed E-state index contributed by atoms with van der Waals surface area (Å²) >= 11 is 5.65. The number of pyridine rings is 1. The number of fused-ring (bicyclic) bond motifs is 3. The minimum atomic E-state index is -4.69. The van der Waals surface area contributed by atoms with E-state index < -0.39 is 22.7 Å². The van der Waals surface area contributed by atoms with E-state index in [4.69, 9.17) is 21.6 Å². The molecule has 208 valence electrons. The molecule has 1 amide bonds. The van der Waals surface area contributed by atoms with Crippen LogP contribution in [0.25, 0.3) is 11.6 Å². The van der Waals surface area contributed by atoms with Crippen LogP contribution in [0.15, 0.2) is 54.0 Å². The lowest BCUT2D eigenvalue weighted by molar-refractivity contribution is -0.137. The van der Waals surface area contributed by atoms with Gasteiger partial charge in [0.25, 0.3) is 5.91 Å². The monoisotopic (exact) mass is 579 g/mol. The predicted molar refractivity (Wildman–Crippen MR) is 149 cm³/mol. The molecule has 1 aromatic carbocycles. The van der Waals surface area contributed by atoms with Crippen molar-refractivity contribution >= 4 is 58.3 Å². The Bertz CT molecular complexity index is 1760. The molecule has 0 unspecified atom stereocenters. The van der Waals surface area contributed by atoms with Crippen LogP contribution in [0.3, 0.4) is 0 Å². The molecular formula is C27H21ClF3N9O. The lowest BCUT2D eigenvalue weighted by atomic mass is 9.93. The van der Waals surface area contributed by atoms with Crippen molar-refractivity contribution in [2.75, 3.05) is 28.6 Å². The summed E-state index contributed by atoms with van der Waals surface area (Å²) in [7, 11) is 1.82. The van der Waals surface area contributed by atoms with Gasteiger partial charge in [-0.2, -0.15) is 23.3 Å². The molecular weight excluding hydrogens is 559 g/mol. The van der Waals surface area contributed by atoms with E-state index >= 15 is 0 Å². The van der Waals surface area contributed by atoms with Crippen molar-refractivity contribution in [3.05, 3.63) is 81.9 Å². The van der Waals surface area contributed by atoms with Gasteiger partial charge in [0, 0.05) is 48.9 Å². The second-order valence-electron chi connectivity index (χ2n) is 9.45. The van der Waals surface area contributed by atoms with E-state index in [9.17, 15) is 18.0 Å². The first-order chi connectivity index (χ1) is 19.6. The first-order valence-corrected chi connectivity index (χ1v) is 12.8. The Morgan fingerprint density at radius 3 is 2.71 bits per heavy atom. The molecule has 3 aromatic heterocycles. The van der Waals surface area contributed by atoms with Gasteiger partial charge in [-0.1, -0.05) is 17.7 Å². The zero-order valence-corrected chi connectivity index (χ0v) is 22.4. The third-order valence-corrected chi connectivity index (χ3v) is 6.89. The molecule has 0 saturated heterocycles. The molecule has 0 spiro atoms. The smallest absolute Gasteiger partial charge is 0.321 e. The first kappa shape index (κ1) is 26.4. The zero-order chi connectivity index (χ0) is 28.9. The molecule has 6 rings (SSSR count). The number of aryl methyl sites for hydroxylation is 2. The van der Waals surface area contributed by atoms with Crippen molar-refractivity contribution in [3.63, 3.8) is 0 Å². The van der Waals surface area contributed by atoms with Gasteiger partial charge in [-0.05, 0) is 42.3 Å². The molecule has 0 fully saturated rings. The van der Waals surface area contributed by atoms with Crippen molar-refractivity contribution in [1.82, 2.24) is 24.7 Å². The second kappa shape index (κ2) is 10.0. The molecule has 0 aliphatic carbocycles. The van der Waals surface area contributed by atoms with Gasteiger partial charge < -0.3 is 15.5 Å². The van der Waals surface area contributed by atoms with Gasteiger partial charge >= 0.3 is 6.18 Å². The summed E-state index contributed by atoms with van der Waals surface area (Å²) in [6.07, 6.45) is 3.29. The lowest BCUT2D eigenvalue weighted by Crippen LogP contribution is -2.32. The summed E-state index contributed by atoms with van der Waals surface area (Å²) in [4.78, 5) is 32.8. The molecule has 10 nitrogen and oxygen atoms in total. The quantitative estimate of drug-likeness (QED) is 0.327. The number of benzene rings is 1. The van der Waals surface area contributed by atoms with Crippen molar-refractivity contribution < 1.29 is 18.0 Å². The third kappa shape index (κ3) is 5.11. The van der Waals surface area contributed by atoms with Gasteiger partial charge in [0.15, 0.2) is 0 Å². The maximum Gasteiger partial charge on any atom is 0.418 e. The molecule has 2 N–H and O–H groups in total. The molecule has 5 heterocycles. The van der Waals surface area contributed by atoms with E-state index in [2.05, 4.69) is 25.7 Å². The van der Waals surface area contributed by atoms with Crippen LogP contribution in [0.5, 0.6) is 0 Å². The number of rotatable bonds is 5. The number of carbonyl (C=O) groups is 1. The number of hydrogen-bond donors (Lipinski definition) is 2. The summed E-state index contributed by atoms with van der Waals surface area (Å²) in [5, 5.41) is 9.17. The number of alkyl halides is 3. The Kier molecular flexibility index (Phi) is 6.45. The fourth-order valence-corrected chi connectivity index (χ4v) is 4.85. The average molecular weight is 580 g/mol. The second-order valence-corrected chi connectivity index (χ2v) is 9.85. The normalized spacial score (nSPS) is 14.2. The van der Waals surface area contributed by atoms with Gasteiger partial charge in [-0.15, -0.1) is 0 Å². The number of amides is 1. The van der Waals surface area contributed by atoms with Gasteiger partial charge in [0.05, 0.1) is 29.0 Å². The van der Waals surface area contributed by atoms with Gasteiger partial charge in [-0.3, -0.25) is 14.5 Å². The minimum absolute atomic E-state index is 0.236. The fraction of sp³-hybridized carbons (Fsp3) is 0.185. The highest BCUT2D eigenvalue weighted by Gasteiger charge is 2.34. The summed E-state index contributed by atoms with van der Waals surface area (Å²) in [6.45, 7) is 3.08. The van der Waals surface area contributed by atoms with Crippen molar-refractivity contribution in [1.29, 1.82) is 0 Å².